The molecular formula is C25H28F2N4O2. The van der Waals surface area contributed by atoms with E-state index >= 15 is 0 Å². The summed E-state index contributed by atoms with van der Waals surface area (Å²) in [6.45, 7) is 4.26. The van der Waals surface area contributed by atoms with Crippen molar-refractivity contribution in [3.8, 4) is 11.4 Å². The van der Waals surface area contributed by atoms with Gasteiger partial charge in [-0.25, -0.2) is 13.5 Å². The van der Waals surface area contributed by atoms with Crippen LogP contribution in [0.4, 0.5) is 14.5 Å². The number of halogens is 2. The maximum atomic E-state index is 15.0. The van der Waals surface area contributed by atoms with Crippen LogP contribution in [0.3, 0.4) is 0 Å². The van der Waals surface area contributed by atoms with E-state index < -0.39 is 17.7 Å². The standard InChI is InChI=1S/C25H28F2N4O2/c1-3-8-17(4-2)29-25(32)24-16-30(22-9-5-6-10-23(22)33-24)15-19-20(26)13-18(14-21(19)27)31-12-7-11-28-31/h5-7,9-14,17,24H,3-4,8,15-16H2,1-2H3,(H,29,32). The number of hydrogen-bond acceptors (Lipinski definition) is 4. The second-order valence-electron chi connectivity index (χ2n) is 8.20. The van der Waals surface area contributed by atoms with Crippen molar-refractivity contribution >= 4 is 11.6 Å². The van der Waals surface area contributed by atoms with E-state index in [2.05, 4.69) is 17.3 Å². The van der Waals surface area contributed by atoms with Crippen LogP contribution in [0.15, 0.2) is 54.9 Å². The number of carbonyl (C=O) groups is 1. The van der Waals surface area contributed by atoms with Crippen LogP contribution in [-0.2, 0) is 11.3 Å². The molecule has 0 saturated carbocycles. The van der Waals surface area contributed by atoms with Crippen molar-refractivity contribution in [1.82, 2.24) is 15.1 Å². The zero-order valence-electron chi connectivity index (χ0n) is 18.8. The van der Waals surface area contributed by atoms with Crippen molar-refractivity contribution in [2.24, 2.45) is 0 Å². The summed E-state index contributed by atoms with van der Waals surface area (Å²) in [6.07, 6.45) is 5.06. The molecule has 3 aromatic rings. The maximum Gasteiger partial charge on any atom is 0.263 e. The third kappa shape index (κ3) is 4.99. The number of nitrogens with zero attached hydrogens (tertiary/aromatic N) is 3. The number of nitrogens with one attached hydrogen (secondary N) is 1. The predicted molar refractivity (Wildman–Crippen MR) is 123 cm³/mol. The highest BCUT2D eigenvalue weighted by molar-refractivity contribution is 5.83. The molecule has 33 heavy (non-hydrogen) atoms. The summed E-state index contributed by atoms with van der Waals surface area (Å²) in [5, 5.41) is 7.08. The van der Waals surface area contributed by atoms with E-state index in [1.54, 1.807) is 29.4 Å². The summed E-state index contributed by atoms with van der Waals surface area (Å²) in [6, 6.07) is 11.5. The molecule has 0 bridgehead atoms. The number of ether oxygens (including phenoxy) is 1. The molecule has 2 heterocycles. The minimum atomic E-state index is -0.778. The molecule has 6 nitrogen and oxygen atoms in total. The number of rotatable bonds is 8. The fourth-order valence-electron chi connectivity index (χ4n) is 4.10. The number of fused-ring (bicyclic) bond motifs is 1. The fraction of sp³-hybridized carbons (Fsp3) is 0.360. The van der Waals surface area contributed by atoms with Gasteiger partial charge in [0.2, 0.25) is 0 Å². The average Bonchev–Trinajstić information content (AvgIpc) is 3.35. The number of hydrogen-bond donors (Lipinski definition) is 1. The van der Waals surface area contributed by atoms with Crippen LogP contribution in [0.2, 0.25) is 0 Å². The van der Waals surface area contributed by atoms with E-state index in [1.165, 1.54) is 16.8 Å². The summed E-state index contributed by atoms with van der Waals surface area (Å²) in [7, 11) is 0. The van der Waals surface area contributed by atoms with Gasteiger partial charge in [-0.1, -0.05) is 32.4 Å². The first-order valence-corrected chi connectivity index (χ1v) is 11.3. The molecule has 174 valence electrons. The quantitative estimate of drug-likeness (QED) is 0.540. The first-order chi connectivity index (χ1) is 16.0. The Balaban J connectivity index is 1.58. The van der Waals surface area contributed by atoms with E-state index in [0.717, 1.165) is 19.3 Å². The lowest BCUT2D eigenvalue weighted by molar-refractivity contribution is -0.128. The van der Waals surface area contributed by atoms with Crippen LogP contribution >= 0.6 is 0 Å². The number of carbonyl (C=O) groups excluding carboxylic acids is 1. The van der Waals surface area contributed by atoms with Crippen molar-refractivity contribution in [3.05, 3.63) is 72.1 Å². The van der Waals surface area contributed by atoms with Gasteiger partial charge in [0.15, 0.2) is 6.10 Å². The zero-order chi connectivity index (χ0) is 23.4. The van der Waals surface area contributed by atoms with E-state index in [-0.39, 0.29) is 30.6 Å². The van der Waals surface area contributed by atoms with E-state index in [4.69, 9.17) is 4.74 Å². The second-order valence-corrected chi connectivity index (χ2v) is 8.20. The Morgan fingerprint density at radius 3 is 2.64 bits per heavy atom. The van der Waals surface area contributed by atoms with Gasteiger partial charge in [0.05, 0.1) is 17.9 Å². The Morgan fingerprint density at radius 2 is 1.97 bits per heavy atom. The van der Waals surface area contributed by atoms with Crippen molar-refractivity contribution in [2.75, 3.05) is 11.4 Å². The molecule has 1 aliphatic rings. The second kappa shape index (κ2) is 10.0. The van der Waals surface area contributed by atoms with Gasteiger partial charge in [-0.05, 0) is 31.0 Å². The van der Waals surface area contributed by atoms with Gasteiger partial charge in [-0.15, -0.1) is 0 Å². The highest BCUT2D eigenvalue weighted by Gasteiger charge is 2.32. The minimum Gasteiger partial charge on any atom is -0.477 e. The Kier molecular flexibility index (Phi) is 6.91. The first kappa shape index (κ1) is 22.8. The van der Waals surface area contributed by atoms with Crippen LogP contribution in [0.5, 0.6) is 5.75 Å². The third-order valence-electron chi connectivity index (χ3n) is 5.87. The summed E-state index contributed by atoms with van der Waals surface area (Å²) in [5.74, 6) is -1.04. The number of amides is 1. The van der Waals surface area contributed by atoms with Crippen molar-refractivity contribution < 1.29 is 18.3 Å². The van der Waals surface area contributed by atoms with Gasteiger partial charge >= 0.3 is 0 Å². The molecular weight excluding hydrogens is 426 g/mol. The Labute approximate surface area is 192 Å². The monoisotopic (exact) mass is 454 g/mol. The summed E-state index contributed by atoms with van der Waals surface area (Å²) in [5.41, 5.74) is 0.927. The van der Waals surface area contributed by atoms with Crippen LogP contribution in [0, 0.1) is 11.6 Å². The van der Waals surface area contributed by atoms with Gasteiger partial charge in [-0.2, -0.15) is 5.10 Å². The molecule has 1 amide bonds. The Hall–Kier alpha value is -3.42. The van der Waals surface area contributed by atoms with E-state index in [9.17, 15) is 13.6 Å². The number of para-hydroxylation sites is 2. The lowest BCUT2D eigenvalue weighted by atomic mass is 10.1. The van der Waals surface area contributed by atoms with Crippen molar-refractivity contribution in [3.63, 3.8) is 0 Å². The van der Waals surface area contributed by atoms with Gasteiger partial charge in [0, 0.05) is 42.7 Å². The number of benzene rings is 2. The Morgan fingerprint density at radius 1 is 1.21 bits per heavy atom. The molecule has 4 rings (SSSR count). The molecule has 1 N–H and O–H groups in total. The predicted octanol–water partition coefficient (Wildman–Crippen LogP) is 4.61. The van der Waals surface area contributed by atoms with E-state index in [0.29, 0.717) is 17.1 Å². The molecule has 0 radical (unpaired) electrons. The highest BCUT2D eigenvalue weighted by Crippen LogP contribution is 2.35. The van der Waals surface area contributed by atoms with Crippen molar-refractivity contribution in [2.45, 2.75) is 51.8 Å². The summed E-state index contributed by atoms with van der Waals surface area (Å²) in [4.78, 5) is 14.7. The lowest BCUT2D eigenvalue weighted by Gasteiger charge is -2.36. The average molecular weight is 455 g/mol. The molecule has 2 aromatic carbocycles. The van der Waals surface area contributed by atoms with Gasteiger partial charge < -0.3 is 15.0 Å². The SMILES string of the molecule is CCCC(CC)NC(=O)C1CN(Cc2c(F)cc(-n3cccn3)cc2F)c2ccccc2O1. The number of aromatic nitrogens is 2. The van der Waals surface area contributed by atoms with E-state index in [1.807, 2.05) is 25.1 Å². The molecule has 0 spiro atoms. The van der Waals surface area contributed by atoms with Crippen LogP contribution in [0.25, 0.3) is 5.69 Å². The molecule has 0 fully saturated rings. The smallest absolute Gasteiger partial charge is 0.263 e. The molecule has 2 unspecified atom stereocenters. The normalized spacial score (nSPS) is 16.1. The van der Waals surface area contributed by atoms with Gasteiger partial charge in [0.25, 0.3) is 5.91 Å². The fourth-order valence-corrected chi connectivity index (χ4v) is 4.10. The topological polar surface area (TPSA) is 59.4 Å². The Bertz CT molecular complexity index is 1080. The first-order valence-electron chi connectivity index (χ1n) is 11.3. The molecule has 1 aliphatic heterocycles. The highest BCUT2D eigenvalue weighted by atomic mass is 19.1. The van der Waals surface area contributed by atoms with Gasteiger partial charge in [0.1, 0.15) is 17.4 Å². The largest absolute Gasteiger partial charge is 0.477 e. The molecule has 8 heteroatoms. The summed E-state index contributed by atoms with van der Waals surface area (Å²) >= 11 is 0. The number of anilines is 1. The lowest BCUT2D eigenvalue weighted by Crippen LogP contribution is -2.51. The maximum absolute atomic E-state index is 15.0. The zero-order valence-corrected chi connectivity index (χ0v) is 18.8. The summed E-state index contributed by atoms with van der Waals surface area (Å²) < 4.78 is 37.3. The van der Waals surface area contributed by atoms with Crippen LogP contribution in [-0.4, -0.2) is 34.4 Å². The minimum absolute atomic E-state index is 0.0344. The molecule has 2 atom stereocenters. The molecule has 0 saturated heterocycles. The van der Waals surface area contributed by atoms with Crippen molar-refractivity contribution in [1.29, 1.82) is 0 Å². The molecule has 0 aliphatic carbocycles. The van der Waals surface area contributed by atoms with Crippen LogP contribution in [0.1, 0.15) is 38.7 Å². The van der Waals surface area contributed by atoms with Gasteiger partial charge in [-0.3, -0.25) is 4.79 Å². The third-order valence-corrected chi connectivity index (χ3v) is 5.87. The van der Waals surface area contributed by atoms with Crippen LogP contribution < -0.4 is 15.0 Å². The molecule has 1 aromatic heterocycles.